The quantitative estimate of drug-likeness (QED) is 0.711. The zero-order valence-corrected chi connectivity index (χ0v) is 12.3. The van der Waals surface area contributed by atoms with Crippen LogP contribution in [0.3, 0.4) is 0 Å². The molecule has 2 N–H and O–H groups in total. The van der Waals surface area contributed by atoms with Crippen LogP contribution in [0.5, 0.6) is 0 Å². The smallest absolute Gasteiger partial charge is 0.000813 e. The number of hydrogen-bond donors (Lipinski definition) is 1. The van der Waals surface area contributed by atoms with Crippen LogP contribution in [0, 0.1) is 12.8 Å². The summed E-state index contributed by atoms with van der Waals surface area (Å²) in [4.78, 5) is 0. The first-order valence-electron chi connectivity index (χ1n) is 7.47. The Morgan fingerprint density at radius 1 is 1.11 bits per heavy atom. The van der Waals surface area contributed by atoms with Gasteiger partial charge in [0.1, 0.15) is 0 Å². The van der Waals surface area contributed by atoms with Gasteiger partial charge in [-0.25, -0.2) is 0 Å². The normalized spacial score (nSPS) is 14.4. The molecule has 0 saturated carbocycles. The van der Waals surface area contributed by atoms with E-state index in [1.165, 1.54) is 43.2 Å². The molecule has 0 saturated heterocycles. The number of unbranched alkanes of at least 4 members (excludes halogenated alkanes) is 1. The van der Waals surface area contributed by atoms with Crippen molar-refractivity contribution < 1.29 is 0 Å². The van der Waals surface area contributed by atoms with Crippen molar-refractivity contribution in [2.45, 2.75) is 58.8 Å². The lowest BCUT2D eigenvalue weighted by Gasteiger charge is -2.22. The second kappa shape index (κ2) is 8.31. The molecule has 1 rings (SSSR count). The van der Waals surface area contributed by atoms with E-state index in [0.29, 0.717) is 5.92 Å². The van der Waals surface area contributed by atoms with Gasteiger partial charge in [0.2, 0.25) is 0 Å². The maximum atomic E-state index is 5.97. The Labute approximate surface area is 113 Å². The molecular weight excluding hydrogens is 218 g/mol. The van der Waals surface area contributed by atoms with Crippen molar-refractivity contribution >= 4 is 0 Å². The van der Waals surface area contributed by atoms with Gasteiger partial charge in [0.25, 0.3) is 0 Å². The molecule has 1 heteroatoms. The minimum absolute atomic E-state index is 0.535. The molecule has 0 aliphatic heterocycles. The fourth-order valence-corrected chi connectivity index (χ4v) is 2.59. The molecular formula is C17H29N. The first kappa shape index (κ1) is 15.2. The summed E-state index contributed by atoms with van der Waals surface area (Å²) in [6, 6.07) is 8.90. The third-order valence-electron chi connectivity index (χ3n) is 3.99. The van der Waals surface area contributed by atoms with Crippen molar-refractivity contribution in [1.82, 2.24) is 0 Å². The Hall–Kier alpha value is -0.820. The number of aryl methyl sites for hydroxylation is 1. The summed E-state index contributed by atoms with van der Waals surface area (Å²) in [6.07, 6.45) is 6.53. The highest BCUT2D eigenvalue weighted by Gasteiger charge is 2.15. The van der Waals surface area contributed by atoms with Gasteiger partial charge in [0, 0.05) is 0 Å². The third-order valence-corrected chi connectivity index (χ3v) is 3.99. The monoisotopic (exact) mass is 247 g/mol. The largest absolute Gasteiger partial charge is 0.330 e. The van der Waals surface area contributed by atoms with Crippen molar-refractivity contribution in [3.05, 3.63) is 35.4 Å². The van der Waals surface area contributed by atoms with Gasteiger partial charge in [-0.3, -0.25) is 0 Å². The van der Waals surface area contributed by atoms with Crippen LogP contribution >= 0.6 is 0 Å². The fraction of sp³-hybridized carbons (Fsp3) is 0.647. The first-order chi connectivity index (χ1) is 8.71. The average Bonchev–Trinajstić information content (AvgIpc) is 2.40. The second-order valence-corrected chi connectivity index (χ2v) is 5.50. The molecule has 2 atom stereocenters. The van der Waals surface area contributed by atoms with Gasteiger partial charge in [-0.05, 0) is 37.3 Å². The second-order valence-electron chi connectivity index (χ2n) is 5.50. The third kappa shape index (κ3) is 4.81. The van der Waals surface area contributed by atoms with Crippen LogP contribution in [0.4, 0.5) is 0 Å². The Kier molecular flexibility index (Phi) is 7.04. The highest BCUT2D eigenvalue weighted by Crippen LogP contribution is 2.28. The molecule has 0 fully saturated rings. The predicted octanol–water partition coefficient (Wildman–Crippen LogP) is 4.64. The number of hydrogen-bond acceptors (Lipinski definition) is 1. The summed E-state index contributed by atoms with van der Waals surface area (Å²) in [6.45, 7) is 7.49. The molecule has 0 radical (unpaired) electrons. The first-order valence-corrected chi connectivity index (χ1v) is 7.47. The standard InChI is InChI=1S/C17H29N/c1-4-6-7-15(5-2)12-17(13-18)16-10-8-14(3)9-11-16/h8-11,15,17H,4-7,12-13,18H2,1-3H3. The SMILES string of the molecule is CCCCC(CC)CC(CN)c1ccc(C)cc1. The molecule has 1 aromatic carbocycles. The van der Waals surface area contributed by atoms with Crippen molar-refractivity contribution in [1.29, 1.82) is 0 Å². The Balaban J connectivity index is 2.62. The van der Waals surface area contributed by atoms with Gasteiger partial charge in [-0.1, -0.05) is 69.4 Å². The highest BCUT2D eigenvalue weighted by molar-refractivity contribution is 5.24. The van der Waals surface area contributed by atoms with Crippen LogP contribution < -0.4 is 5.73 Å². The molecule has 1 aromatic rings. The molecule has 0 amide bonds. The Bertz CT molecular complexity index is 315. The van der Waals surface area contributed by atoms with Gasteiger partial charge in [0.05, 0.1) is 0 Å². The highest BCUT2D eigenvalue weighted by atomic mass is 14.5. The summed E-state index contributed by atoms with van der Waals surface area (Å²) in [7, 11) is 0. The molecule has 0 aliphatic carbocycles. The summed E-state index contributed by atoms with van der Waals surface area (Å²) in [5, 5.41) is 0. The van der Waals surface area contributed by atoms with Gasteiger partial charge in [-0.15, -0.1) is 0 Å². The number of nitrogens with two attached hydrogens (primary N) is 1. The van der Waals surface area contributed by atoms with Crippen LogP contribution in [0.25, 0.3) is 0 Å². The lowest BCUT2D eigenvalue weighted by atomic mass is 9.85. The number of rotatable bonds is 8. The number of benzene rings is 1. The van der Waals surface area contributed by atoms with Crippen LogP contribution in [-0.2, 0) is 0 Å². The summed E-state index contributed by atoms with van der Waals surface area (Å²) < 4.78 is 0. The molecule has 102 valence electrons. The maximum absolute atomic E-state index is 5.97. The molecule has 0 heterocycles. The molecule has 1 nitrogen and oxygen atoms in total. The lowest BCUT2D eigenvalue weighted by Crippen LogP contribution is -2.16. The van der Waals surface area contributed by atoms with E-state index in [2.05, 4.69) is 45.0 Å². The van der Waals surface area contributed by atoms with Crippen LogP contribution in [0.1, 0.15) is 63.0 Å². The van der Waals surface area contributed by atoms with Crippen molar-refractivity contribution in [2.24, 2.45) is 11.7 Å². The van der Waals surface area contributed by atoms with Crippen molar-refractivity contribution in [2.75, 3.05) is 6.54 Å². The topological polar surface area (TPSA) is 26.0 Å². The maximum Gasteiger partial charge on any atom is -0.000813 e. The zero-order valence-electron chi connectivity index (χ0n) is 12.3. The average molecular weight is 247 g/mol. The van der Waals surface area contributed by atoms with Crippen molar-refractivity contribution in [3.63, 3.8) is 0 Å². The summed E-state index contributed by atoms with van der Waals surface area (Å²) in [5.41, 5.74) is 8.72. The Morgan fingerprint density at radius 2 is 1.78 bits per heavy atom. The van der Waals surface area contributed by atoms with E-state index in [1.807, 2.05) is 0 Å². The van der Waals surface area contributed by atoms with E-state index >= 15 is 0 Å². The molecule has 0 spiro atoms. The van der Waals surface area contributed by atoms with Gasteiger partial charge >= 0.3 is 0 Å². The lowest BCUT2D eigenvalue weighted by molar-refractivity contribution is 0.387. The van der Waals surface area contributed by atoms with Crippen LogP contribution in [0.15, 0.2) is 24.3 Å². The van der Waals surface area contributed by atoms with E-state index in [-0.39, 0.29) is 0 Å². The molecule has 0 aromatic heterocycles. The molecule has 0 aliphatic rings. The minimum atomic E-state index is 0.535. The zero-order chi connectivity index (χ0) is 13.4. The summed E-state index contributed by atoms with van der Waals surface area (Å²) in [5.74, 6) is 1.37. The van der Waals surface area contributed by atoms with Crippen molar-refractivity contribution in [3.8, 4) is 0 Å². The molecule has 18 heavy (non-hydrogen) atoms. The van der Waals surface area contributed by atoms with Crippen LogP contribution in [0.2, 0.25) is 0 Å². The van der Waals surface area contributed by atoms with Gasteiger partial charge in [-0.2, -0.15) is 0 Å². The van der Waals surface area contributed by atoms with E-state index < -0.39 is 0 Å². The molecule has 2 unspecified atom stereocenters. The fourth-order valence-electron chi connectivity index (χ4n) is 2.59. The summed E-state index contributed by atoms with van der Waals surface area (Å²) >= 11 is 0. The van der Waals surface area contributed by atoms with Crippen LogP contribution in [-0.4, -0.2) is 6.54 Å². The minimum Gasteiger partial charge on any atom is -0.330 e. The van der Waals surface area contributed by atoms with Gasteiger partial charge in [0.15, 0.2) is 0 Å². The van der Waals surface area contributed by atoms with E-state index in [1.54, 1.807) is 0 Å². The van der Waals surface area contributed by atoms with E-state index in [0.717, 1.165) is 12.5 Å². The van der Waals surface area contributed by atoms with E-state index in [4.69, 9.17) is 5.73 Å². The Morgan fingerprint density at radius 3 is 2.28 bits per heavy atom. The van der Waals surface area contributed by atoms with Gasteiger partial charge < -0.3 is 5.73 Å². The predicted molar refractivity (Wildman–Crippen MR) is 80.9 cm³/mol. The van der Waals surface area contributed by atoms with E-state index in [9.17, 15) is 0 Å². The molecule has 0 bridgehead atoms.